The number of thiazole rings is 1. The molecule has 21 heavy (non-hydrogen) atoms. The van der Waals surface area contributed by atoms with Gasteiger partial charge < -0.3 is 5.32 Å². The molecule has 1 heterocycles. The van der Waals surface area contributed by atoms with E-state index in [2.05, 4.69) is 10.3 Å². The first-order valence-corrected chi connectivity index (χ1v) is 8.92. The molecule has 2 rings (SSSR count). The van der Waals surface area contributed by atoms with E-state index in [1.54, 1.807) is 0 Å². The Bertz CT molecular complexity index is 739. The molecule has 0 amide bonds. The van der Waals surface area contributed by atoms with Gasteiger partial charge in [0.25, 0.3) is 0 Å². The van der Waals surface area contributed by atoms with Gasteiger partial charge in [0.2, 0.25) is 0 Å². The second-order valence-corrected chi connectivity index (χ2v) is 7.90. The predicted octanol–water partition coefficient (Wildman–Crippen LogP) is 3.16. The van der Waals surface area contributed by atoms with Crippen molar-refractivity contribution in [2.45, 2.75) is 12.6 Å². The van der Waals surface area contributed by atoms with Crippen LogP contribution in [0.3, 0.4) is 0 Å². The van der Waals surface area contributed by atoms with E-state index in [4.69, 9.17) is 0 Å². The molecule has 0 aliphatic heterocycles. The summed E-state index contributed by atoms with van der Waals surface area (Å²) in [5.74, 6) is 0.0586. The van der Waals surface area contributed by atoms with Crippen LogP contribution in [0.1, 0.15) is 12.0 Å². The molecule has 116 valence electrons. The molecule has 0 radical (unpaired) electrons. The molecule has 0 spiro atoms. The molecule has 2 aromatic rings. The van der Waals surface area contributed by atoms with Crippen LogP contribution in [0.2, 0.25) is 0 Å². The van der Waals surface area contributed by atoms with Gasteiger partial charge in [-0.15, -0.1) is 0 Å². The summed E-state index contributed by atoms with van der Waals surface area (Å²) in [5.41, 5.74) is -0.454. The second kappa shape index (κ2) is 5.80. The summed E-state index contributed by atoms with van der Waals surface area (Å²) in [6.45, 7) is 0.402. The van der Waals surface area contributed by atoms with Gasteiger partial charge in [-0.2, -0.15) is 13.2 Å². The van der Waals surface area contributed by atoms with Crippen molar-refractivity contribution in [1.29, 1.82) is 0 Å². The molecule has 0 saturated carbocycles. The monoisotopic (exact) mass is 338 g/mol. The lowest BCUT2D eigenvalue weighted by atomic mass is 10.2. The highest BCUT2D eigenvalue weighted by molar-refractivity contribution is 7.90. The Morgan fingerprint density at radius 3 is 2.67 bits per heavy atom. The fourth-order valence-corrected chi connectivity index (χ4v) is 3.25. The summed E-state index contributed by atoms with van der Waals surface area (Å²) in [5, 5.41) is 3.41. The van der Waals surface area contributed by atoms with E-state index in [1.807, 2.05) is 0 Å². The molecule has 0 aliphatic carbocycles. The van der Waals surface area contributed by atoms with Gasteiger partial charge in [0, 0.05) is 12.8 Å². The summed E-state index contributed by atoms with van der Waals surface area (Å²) in [7, 11) is -3.01. The number of anilines is 1. The number of hydrogen-bond acceptors (Lipinski definition) is 5. The Morgan fingerprint density at radius 2 is 2.05 bits per heavy atom. The SMILES string of the molecule is CS(=O)(=O)CCCNc1nc2cc(C(F)(F)F)ccc2s1. The summed E-state index contributed by atoms with van der Waals surface area (Å²) < 4.78 is 60.3. The molecule has 1 N–H and O–H groups in total. The maximum atomic E-state index is 12.6. The Hall–Kier alpha value is -1.35. The third kappa shape index (κ3) is 4.57. The number of alkyl halides is 3. The highest BCUT2D eigenvalue weighted by atomic mass is 32.2. The van der Waals surface area contributed by atoms with Crippen LogP contribution >= 0.6 is 11.3 Å². The van der Waals surface area contributed by atoms with Crippen molar-refractivity contribution in [3.05, 3.63) is 23.8 Å². The lowest BCUT2D eigenvalue weighted by Crippen LogP contribution is -2.09. The summed E-state index contributed by atoms with van der Waals surface area (Å²) in [4.78, 5) is 4.08. The van der Waals surface area contributed by atoms with Crippen LogP contribution in [0.25, 0.3) is 10.2 Å². The van der Waals surface area contributed by atoms with E-state index in [0.717, 1.165) is 18.4 Å². The van der Waals surface area contributed by atoms with Crippen LogP contribution in [0.4, 0.5) is 18.3 Å². The Kier molecular flexibility index (Phi) is 4.43. The number of aromatic nitrogens is 1. The van der Waals surface area contributed by atoms with Crippen LogP contribution in [-0.2, 0) is 16.0 Å². The van der Waals surface area contributed by atoms with Crippen molar-refractivity contribution in [2.75, 3.05) is 23.9 Å². The third-order valence-corrected chi connectivity index (χ3v) is 4.71. The average molecular weight is 338 g/mol. The average Bonchev–Trinajstić information content (AvgIpc) is 2.74. The topological polar surface area (TPSA) is 59.1 Å². The van der Waals surface area contributed by atoms with E-state index in [0.29, 0.717) is 22.8 Å². The van der Waals surface area contributed by atoms with Gasteiger partial charge in [-0.3, -0.25) is 0 Å². The van der Waals surface area contributed by atoms with Crippen LogP contribution in [0.15, 0.2) is 18.2 Å². The van der Waals surface area contributed by atoms with E-state index in [-0.39, 0.29) is 11.3 Å². The molecule has 0 aliphatic rings. The first kappa shape index (κ1) is 16.0. The van der Waals surface area contributed by atoms with E-state index in [1.165, 1.54) is 17.4 Å². The molecular weight excluding hydrogens is 325 g/mol. The molecule has 1 aromatic heterocycles. The van der Waals surface area contributed by atoms with Crippen LogP contribution in [0, 0.1) is 0 Å². The van der Waals surface area contributed by atoms with Crippen LogP contribution in [-0.4, -0.2) is 32.0 Å². The summed E-state index contributed by atoms with van der Waals surface area (Å²) >= 11 is 1.24. The predicted molar refractivity (Wildman–Crippen MR) is 77.4 cm³/mol. The van der Waals surface area contributed by atoms with Gasteiger partial charge in [0.15, 0.2) is 5.13 Å². The van der Waals surface area contributed by atoms with Crippen molar-refractivity contribution in [2.24, 2.45) is 0 Å². The van der Waals surface area contributed by atoms with Gasteiger partial charge in [0.05, 0.1) is 21.5 Å². The quantitative estimate of drug-likeness (QED) is 0.851. The second-order valence-electron chi connectivity index (χ2n) is 4.61. The number of nitrogens with one attached hydrogen (secondary N) is 1. The minimum atomic E-state index is -4.39. The molecule has 0 bridgehead atoms. The van der Waals surface area contributed by atoms with E-state index >= 15 is 0 Å². The highest BCUT2D eigenvalue weighted by Crippen LogP contribution is 2.33. The Morgan fingerprint density at radius 1 is 1.33 bits per heavy atom. The summed E-state index contributed by atoms with van der Waals surface area (Å²) in [6.07, 6.45) is -2.81. The largest absolute Gasteiger partial charge is 0.416 e. The van der Waals surface area contributed by atoms with Crippen LogP contribution in [0.5, 0.6) is 0 Å². The van der Waals surface area contributed by atoms with Crippen molar-refractivity contribution in [3.8, 4) is 0 Å². The lowest BCUT2D eigenvalue weighted by molar-refractivity contribution is -0.137. The zero-order chi connectivity index (χ0) is 15.7. The molecule has 0 atom stereocenters. The molecule has 4 nitrogen and oxygen atoms in total. The van der Waals surface area contributed by atoms with Crippen molar-refractivity contribution in [3.63, 3.8) is 0 Å². The smallest absolute Gasteiger partial charge is 0.361 e. The standard InChI is InChI=1S/C12H13F3N2O2S2/c1-21(18,19)6-2-5-16-11-17-9-7-8(12(13,14)15)3-4-10(9)20-11/h3-4,7H,2,5-6H2,1H3,(H,16,17). The lowest BCUT2D eigenvalue weighted by Gasteiger charge is -2.04. The Labute approximate surface area is 123 Å². The number of hydrogen-bond donors (Lipinski definition) is 1. The van der Waals surface area contributed by atoms with Crippen molar-refractivity contribution in [1.82, 2.24) is 4.98 Å². The Balaban J connectivity index is 2.05. The number of sulfone groups is 1. The third-order valence-electron chi connectivity index (χ3n) is 2.68. The maximum Gasteiger partial charge on any atom is 0.416 e. The van der Waals surface area contributed by atoms with E-state index < -0.39 is 21.6 Å². The molecule has 9 heteroatoms. The number of nitrogens with zero attached hydrogens (tertiary/aromatic N) is 1. The molecular formula is C12H13F3N2O2S2. The van der Waals surface area contributed by atoms with Gasteiger partial charge in [-0.1, -0.05) is 11.3 Å². The zero-order valence-electron chi connectivity index (χ0n) is 11.1. The summed E-state index contributed by atoms with van der Waals surface area (Å²) in [6, 6.07) is 3.42. The minimum absolute atomic E-state index is 0.0586. The van der Waals surface area contributed by atoms with Crippen molar-refractivity contribution < 1.29 is 21.6 Å². The van der Waals surface area contributed by atoms with E-state index in [9.17, 15) is 21.6 Å². The number of rotatable bonds is 5. The van der Waals surface area contributed by atoms with Crippen molar-refractivity contribution >= 4 is 36.5 Å². The number of fused-ring (bicyclic) bond motifs is 1. The van der Waals surface area contributed by atoms with Gasteiger partial charge in [-0.05, 0) is 24.6 Å². The van der Waals surface area contributed by atoms with Gasteiger partial charge in [0.1, 0.15) is 9.84 Å². The fourth-order valence-electron chi connectivity index (χ4n) is 1.71. The number of halogens is 3. The van der Waals surface area contributed by atoms with Gasteiger partial charge in [-0.25, -0.2) is 13.4 Å². The highest BCUT2D eigenvalue weighted by Gasteiger charge is 2.30. The fraction of sp³-hybridized carbons (Fsp3) is 0.417. The maximum absolute atomic E-state index is 12.6. The van der Waals surface area contributed by atoms with Crippen LogP contribution < -0.4 is 5.32 Å². The number of benzene rings is 1. The molecule has 1 aromatic carbocycles. The minimum Gasteiger partial charge on any atom is -0.361 e. The molecule has 0 unspecified atom stereocenters. The molecule has 0 fully saturated rings. The zero-order valence-corrected chi connectivity index (χ0v) is 12.7. The molecule has 0 saturated heterocycles. The normalized spacial score (nSPS) is 12.8. The van der Waals surface area contributed by atoms with Gasteiger partial charge >= 0.3 is 6.18 Å². The first-order valence-electron chi connectivity index (χ1n) is 6.04. The first-order chi connectivity index (χ1) is 9.65.